The van der Waals surface area contributed by atoms with Gasteiger partial charge in [0.05, 0.1) is 0 Å². The first-order valence-electron chi connectivity index (χ1n) is 7.25. The lowest BCUT2D eigenvalue weighted by atomic mass is 9.99. The van der Waals surface area contributed by atoms with E-state index in [1.807, 2.05) is 36.6 Å². The second kappa shape index (κ2) is 10.6. The number of amides is 1. The Morgan fingerprint density at radius 1 is 1.27 bits per heavy atom. The Morgan fingerprint density at radius 2 is 1.95 bits per heavy atom. The molecule has 0 aliphatic rings. The zero-order chi connectivity index (χ0) is 16.4. The number of aryl methyl sites for hydroxylation is 1. The van der Waals surface area contributed by atoms with E-state index in [2.05, 4.69) is 17.9 Å². The second-order valence-corrected chi connectivity index (χ2v) is 6.44. The van der Waals surface area contributed by atoms with Gasteiger partial charge in [0.15, 0.2) is 0 Å². The summed E-state index contributed by atoms with van der Waals surface area (Å²) in [5, 5.41) is 11.8. The van der Waals surface area contributed by atoms with Gasteiger partial charge in [0.1, 0.15) is 6.04 Å². The van der Waals surface area contributed by atoms with Crippen LogP contribution in [0.4, 0.5) is 0 Å². The summed E-state index contributed by atoms with van der Waals surface area (Å²) in [5.41, 5.74) is 1.17. The van der Waals surface area contributed by atoms with Crippen LogP contribution in [0.3, 0.4) is 0 Å². The molecule has 1 aromatic carbocycles. The van der Waals surface area contributed by atoms with Crippen LogP contribution < -0.4 is 5.32 Å². The van der Waals surface area contributed by atoms with Crippen LogP contribution in [0.25, 0.3) is 0 Å². The van der Waals surface area contributed by atoms with Crippen molar-refractivity contribution in [2.45, 2.75) is 25.3 Å². The summed E-state index contributed by atoms with van der Waals surface area (Å²) in [7, 11) is 0. The van der Waals surface area contributed by atoms with Crippen molar-refractivity contribution >= 4 is 36.3 Å². The fraction of sp³-hybridized carbons (Fsp3) is 0.500. The molecule has 0 spiro atoms. The highest BCUT2D eigenvalue weighted by Gasteiger charge is 2.24. The number of aliphatic carboxylic acids is 1. The number of nitrogens with one attached hydrogen (secondary N) is 1. The molecule has 6 heteroatoms. The summed E-state index contributed by atoms with van der Waals surface area (Å²) in [5.74, 6) is -0.372. The van der Waals surface area contributed by atoms with E-state index in [1.54, 1.807) is 11.8 Å². The first kappa shape index (κ1) is 18.9. The molecule has 1 rings (SSSR count). The third-order valence-electron chi connectivity index (χ3n) is 3.44. The SMILES string of the molecule is CSCC[C@@H](NC(=O)[C@@H](CS)CCc1ccccc1)C(=O)O. The predicted molar refractivity (Wildman–Crippen MR) is 94.7 cm³/mol. The molecular formula is C16H23NO3S2. The molecule has 0 fully saturated rings. The molecule has 0 saturated heterocycles. The number of hydrogen-bond acceptors (Lipinski definition) is 4. The molecule has 2 atom stereocenters. The Kier molecular flexibility index (Phi) is 9.08. The van der Waals surface area contributed by atoms with Gasteiger partial charge in [-0.25, -0.2) is 4.79 Å². The minimum atomic E-state index is -0.983. The largest absolute Gasteiger partial charge is 0.480 e. The van der Waals surface area contributed by atoms with Crippen LogP contribution in [-0.2, 0) is 16.0 Å². The molecule has 2 N–H and O–H groups in total. The third kappa shape index (κ3) is 6.75. The van der Waals surface area contributed by atoms with Crippen molar-refractivity contribution in [3.05, 3.63) is 35.9 Å². The maximum atomic E-state index is 12.2. The molecule has 0 saturated carbocycles. The standard InChI is InChI=1S/C16H23NO3S2/c1-22-10-9-14(16(19)20)17-15(18)13(11-21)8-7-12-5-3-2-4-6-12/h2-6,13-14,21H,7-11H2,1H3,(H,17,18)(H,19,20)/t13-,14-/m1/s1. The molecule has 0 aliphatic carbocycles. The highest BCUT2D eigenvalue weighted by molar-refractivity contribution is 7.98. The van der Waals surface area contributed by atoms with Crippen molar-refractivity contribution in [1.29, 1.82) is 0 Å². The van der Waals surface area contributed by atoms with Gasteiger partial charge >= 0.3 is 5.97 Å². The Morgan fingerprint density at radius 3 is 2.50 bits per heavy atom. The highest BCUT2D eigenvalue weighted by atomic mass is 32.2. The monoisotopic (exact) mass is 341 g/mol. The number of carbonyl (C=O) groups is 2. The van der Waals surface area contributed by atoms with E-state index in [4.69, 9.17) is 5.11 Å². The van der Waals surface area contributed by atoms with Gasteiger partial charge in [0.25, 0.3) is 0 Å². The number of benzene rings is 1. The maximum Gasteiger partial charge on any atom is 0.326 e. The fourth-order valence-corrected chi connectivity index (χ4v) is 2.89. The molecule has 0 heterocycles. The quantitative estimate of drug-likeness (QED) is 0.572. The van der Waals surface area contributed by atoms with Gasteiger partial charge in [-0.2, -0.15) is 24.4 Å². The zero-order valence-electron chi connectivity index (χ0n) is 12.7. The number of rotatable bonds is 10. The summed E-state index contributed by atoms with van der Waals surface area (Å²) in [6, 6.07) is 9.11. The first-order chi connectivity index (χ1) is 10.6. The van der Waals surface area contributed by atoms with Gasteiger partial charge in [-0.15, -0.1) is 0 Å². The van der Waals surface area contributed by atoms with Crippen molar-refractivity contribution in [2.24, 2.45) is 5.92 Å². The number of thiol groups is 1. The van der Waals surface area contributed by atoms with Gasteiger partial charge in [0, 0.05) is 11.7 Å². The Balaban J connectivity index is 2.53. The second-order valence-electron chi connectivity index (χ2n) is 5.08. The molecular weight excluding hydrogens is 318 g/mol. The van der Waals surface area contributed by atoms with Gasteiger partial charge in [-0.05, 0) is 36.8 Å². The van der Waals surface area contributed by atoms with E-state index in [-0.39, 0.29) is 11.8 Å². The minimum Gasteiger partial charge on any atom is -0.480 e. The Hall–Kier alpha value is -1.14. The normalized spacial score (nSPS) is 13.4. The van der Waals surface area contributed by atoms with E-state index in [0.29, 0.717) is 24.3 Å². The summed E-state index contributed by atoms with van der Waals surface area (Å²) in [6.07, 6.45) is 3.79. The molecule has 122 valence electrons. The Bertz CT molecular complexity index is 468. The van der Waals surface area contributed by atoms with Crippen molar-refractivity contribution in [3.8, 4) is 0 Å². The molecule has 0 aromatic heterocycles. The summed E-state index contributed by atoms with van der Waals surface area (Å²) >= 11 is 5.80. The molecule has 0 aliphatic heterocycles. The lowest BCUT2D eigenvalue weighted by Crippen LogP contribution is -2.44. The molecule has 1 aromatic rings. The number of carboxylic acids is 1. The fourth-order valence-electron chi connectivity index (χ4n) is 2.07. The zero-order valence-corrected chi connectivity index (χ0v) is 14.4. The van der Waals surface area contributed by atoms with Crippen molar-refractivity contribution in [2.75, 3.05) is 17.8 Å². The van der Waals surface area contributed by atoms with Crippen LogP contribution >= 0.6 is 24.4 Å². The predicted octanol–water partition coefficient (Wildman–Crippen LogP) is 2.49. The average Bonchev–Trinajstić information content (AvgIpc) is 2.52. The lowest BCUT2D eigenvalue weighted by Gasteiger charge is -2.19. The van der Waals surface area contributed by atoms with Crippen LogP contribution in [0.15, 0.2) is 30.3 Å². The topological polar surface area (TPSA) is 66.4 Å². The van der Waals surface area contributed by atoms with Crippen LogP contribution in [0.1, 0.15) is 18.4 Å². The average molecular weight is 341 g/mol. The number of carbonyl (C=O) groups excluding carboxylic acids is 1. The van der Waals surface area contributed by atoms with Crippen LogP contribution in [-0.4, -0.2) is 40.8 Å². The highest BCUT2D eigenvalue weighted by Crippen LogP contribution is 2.13. The van der Waals surface area contributed by atoms with Gasteiger partial charge < -0.3 is 10.4 Å². The van der Waals surface area contributed by atoms with Gasteiger partial charge in [0.2, 0.25) is 5.91 Å². The van der Waals surface area contributed by atoms with Crippen molar-refractivity contribution in [3.63, 3.8) is 0 Å². The van der Waals surface area contributed by atoms with E-state index in [9.17, 15) is 9.59 Å². The van der Waals surface area contributed by atoms with Crippen molar-refractivity contribution < 1.29 is 14.7 Å². The summed E-state index contributed by atoms with van der Waals surface area (Å²) < 4.78 is 0. The van der Waals surface area contributed by atoms with E-state index in [1.165, 1.54) is 5.56 Å². The van der Waals surface area contributed by atoms with Crippen LogP contribution in [0.5, 0.6) is 0 Å². The molecule has 0 radical (unpaired) electrons. The summed E-state index contributed by atoms with van der Waals surface area (Å²) in [4.78, 5) is 23.4. The smallest absolute Gasteiger partial charge is 0.326 e. The lowest BCUT2D eigenvalue weighted by molar-refractivity contribution is -0.142. The molecule has 0 unspecified atom stereocenters. The maximum absolute atomic E-state index is 12.2. The number of carboxylic acid groups (broad SMARTS) is 1. The number of thioether (sulfide) groups is 1. The van der Waals surface area contributed by atoms with Crippen molar-refractivity contribution in [1.82, 2.24) is 5.32 Å². The van der Waals surface area contributed by atoms with E-state index < -0.39 is 12.0 Å². The van der Waals surface area contributed by atoms with E-state index >= 15 is 0 Å². The first-order valence-corrected chi connectivity index (χ1v) is 9.28. The third-order valence-corrected chi connectivity index (χ3v) is 4.53. The number of hydrogen-bond donors (Lipinski definition) is 3. The summed E-state index contributed by atoms with van der Waals surface area (Å²) in [6.45, 7) is 0. The van der Waals surface area contributed by atoms with Crippen LogP contribution in [0, 0.1) is 5.92 Å². The van der Waals surface area contributed by atoms with Crippen LogP contribution in [0.2, 0.25) is 0 Å². The molecule has 1 amide bonds. The minimum absolute atomic E-state index is 0.223. The Labute approximate surface area is 141 Å². The molecule has 4 nitrogen and oxygen atoms in total. The molecule has 22 heavy (non-hydrogen) atoms. The molecule has 0 bridgehead atoms. The van der Waals surface area contributed by atoms with Gasteiger partial charge in [-0.3, -0.25) is 4.79 Å². The van der Waals surface area contributed by atoms with Gasteiger partial charge in [-0.1, -0.05) is 30.3 Å². The van der Waals surface area contributed by atoms with E-state index in [0.717, 1.165) is 6.42 Å².